The molecule has 1 heterocycles. The topological polar surface area (TPSA) is 124 Å². The zero-order valence-corrected chi connectivity index (χ0v) is 17.1. The van der Waals surface area contributed by atoms with Crippen LogP contribution in [-0.2, 0) is 10.1 Å². The number of fused-ring (bicyclic) bond motifs is 3. The number of nitrogens with one attached hydrogen (secondary N) is 1. The highest BCUT2D eigenvalue weighted by Gasteiger charge is 2.22. The van der Waals surface area contributed by atoms with E-state index in [1.54, 1.807) is 18.2 Å². The highest BCUT2D eigenvalue weighted by molar-refractivity contribution is 7.86. The molecule has 0 unspecified atom stereocenters. The van der Waals surface area contributed by atoms with E-state index in [0.717, 1.165) is 0 Å². The van der Waals surface area contributed by atoms with Gasteiger partial charge in [-0.15, -0.1) is 0 Å². The molecule has 0 aliphatic rings. The number of halogens is 1. The van der Waals surface area contributed by atoms with Crippen molar-refractivity contribution < 1.29 is 27.6 Å². The minimum absolute atomic E-state index is 0.110. The lowest BCUT2D eigenvalue weighted by molar-refractivity contribution is 0.478. The summed E-state index contributed by atoms with van der Waals surface area (Å²) in [6.07, 6.45) is 0. The molecule has 32 heavy (non-hydrogen) atoms. The molecule has 160 valence electrons. The second-order valence-electron chi connectivity index (χ2n) is 7.24. The molecule has 0 radical (unpaired) electrons. The van der Waals surface area contributed by atoms with Gasteiger partial charge in [-0.05, 0) is 35.9 Å². The smallest absolute Gasteiger partial charge is 0.295 e. The Morgan fingerprint density at radius 3 is 2.31 bits per heavy atom. The molecule has 0 atom stereocenters. The zero-order valence-electron chi connectivity index (χ0n) is 16.2. The Morgan fingerprint density at radius 2 is 1.59 bits per heavy atom. The summed E-state index contributed by atoms with van der Waals surface area (Å²) in [6, 6.07) is 16.2. The molecular weight excluding hydrogens is 435 g/mol. The number of imidazole rings is 1. The SMILES string of the molecule is O=S(=O)(O)c1cc2[nH]c(-c3cccc(-c4ccc(F)cc4)c3O)nc2c2c(O)cccc12. The van der Waals surface area contributed by atoms with Crippen molar-refractivity contribution >= 4 is 31.9 Å². The van der Waals surface area contributed by atoms with E-state index in [9.17, 15) is 27.6 Å². The van der Waals surface area contributed by atoms with Crippen LogP contribution in [0.2, 0.25) is 0 Å². The molecule has 7 nitrogen and oxygen atoms in total. The predicted molar refractivity (Wildman–Crippen MR) is 118 cm³/mol. The van der Waals surface area contributed by atoms with E-state index >= 15 is 0 Å². The summed E-state index contributed by atoms with van der Waals surface area (Å²) >= 11 is 0. The van der Waals surface area contributed by atoms with Crippen LogP contribution in [0.15, 0.2) is 71.6 Å². The standard InChI is InChI=1S/C23H15FN2O5S/c24-13-9-7-12(8-10-13)14-3-1-5-16(22(14)28)23-25-17-11-19(32(29,30)31)15-4-2-6-18(27)20(15)21(17)26-23/h1-11,27-28H,(H,25,26)(H,29,30,31). The molecule has 0 aliphatic heterocycles. The van der Waals surface area contributed by atoms with Crippen molar-refractivity contribution in [3.63, 3.8) is 0 Å². The van der Waals surface area contributed by atoms with Gasteiger partial charge in [-0.2, -0.15) is 8.42 Å². The van der Waals surface area contributed by atoms with Crippen LogP contribution in [0.25, 0.3) is 44.3 Å². The number of hydrogen-bond donors (Lipinski definition) is 4. The molecule has 5 rings (SSSR count). The van der Waals surface area contributed by atoms with Gasteiger partial charge in [0.05, 0.1) is 16.5 Å². The van der Waals surface area contributed by atoms with Crippen LogP contribution in [0.1, 0.15) is 0 Å². The van der Waals surface area contributed by atoms with Crippen molar-refractivity contribution in [2.24, 2.45) is 0 Å². The molecule has 0 amide bonds. The second-order valence-corrected chi connectivity index (χ2v) is 8.63. The lowest BCUT2D eigenvalue weighted by atomic mass is 10.0. The van der Waals surface area contributed by atoms with E-state index in [1.165, 1.54) is 48.5 Å². The molecule has 0 aliphatic carbocycles. The van der Waals surface area contributed by atoms with E-state index < -0.39 is 15.9 Å². The van der Waals surface area contributed by atoms with Gasteiger partial charge in [-0.3, -0.25) is 4.55 Å². The normalized spacial score (nSPS) is 11.9. The average molecular weight is 450 g/mol. The molecule has 0 spiro atoms. The van der Waals surface area contributed by atoms with Crippen molar-refractivity contribution in [3.05, 3.63) is 72.5 Å². The Bertz CT molecular complexity index is 1630. The number of aromatic amines is 1. The average Bonchev–Trinajstić information content (AvgIpc) is 3.17. The number of para-hydroxylation sites is 1. The number of H-pyrrole nitrogens is 1. The van der Waals surface area contributed by atoms with Gasteiger partial charge in [0.25, 0.3) is 10.1 Å². The van der Waals surface area contributed by atoms with Crippen LogP contribution in [0.5, 0.6) is 11.5 Å². The Labute approximate surface area is 181 Å². The minimum Gasteiger partial charge on any atom is -0.507 e. The molecule has 0 fully saturated rings. The molecular formula is C23H15FN2O5S. The Morgan fingerprint density at radius 1 is 0.906 bits per heavy atom. The second kappa shape index (κ2) is 7.04. The van der Waals surface area contributed by atoms with Crippen molar-refractivity contribution in [1.29, 1.82) is 0 Å². The van der Waals surface area contributed by atoms with Crippen molar-refractivity contribution in [1.82, 2.24) is 9.97 Å². The first-order valence-electron chi connectivity index (χ1n) is 9.44. The maximum atomic E-state index is 13.3. The van der Waals surface area contributed by atoms with Crippen molar-refractivity contribution in [2.75, 3.05) is 0 Å². The Kier molecular flexibility index (Phi) is 4.40. The first-order valence-corrected chi connectivity index (χ1v) is 10.9. The van der Waals surface area contributed by atoms with E-state index in [1.807, 2.05) is 0 Å². The highest BCUT2D eigenvalue weighted by Crippen LogP contribution is 2.40. The monoisotopic (exact) mass is 450 g/mol. The minimum atomic E-state index is -4.59. The fourth-order valence-corrected chi connectivity index (χ4v) is 4.54. The van der Waals surface area contributed by atoms with Gasteiger partial charge in [0.2, 0.25) is 0 Å². The molecule has 5 aromatic rings. The third-order valence-corrected chi connectivity index (χ3v) is 6.17. The number of aromatic nitrogens is 2. The number of rotatable bonds is 3. The van der Waals surface area contributed by atoms with Crippen molar-refractivity contribution in [3.8, 4) is 34.0 Å². The lowest BCUT2D eigenvalue weighted by Gasteiger charge is -2.08. The molecule has 1 aromatic heterocycles. The van der Waals surface area contributed by atoms with Crippen molar-refractivity contribution in [2.45, 2.75) is 4.90 Å². The van der Waals surface area contributed by atoms with E-state index in [0.29, 0.717) is 16.7 Å². The third-order valence-electron chi connectivity index (χ3n) is 5.28. The predicted octanol–water partition coefficient (Wildman–Crippen LogP) is 4.85. The van der Waals surface area contributed by atoms with E-state index in [2.05, 4.69) is 9.97 Å². The zero-order chi connectivity index (χ0) is 22.6. The van der Waals surface area contributed by atoms with Crippen LogP contribution in [0.4, 0.5) is 4.39 Å². The number of phenols is 2. The summed E-state index contributed by atoms with van der Waals surface area (Å²) < 4.78 is 46.8. The molecule has 9 heteroatoms. The van der Waals surface area contributed by atoms with Crippen LogP contribution >= 0.6 is 0 Å². The maximum Gasteiger partial charge on any atom is 0.295 e. The Hall–Kier alpha value is -3.95. The van der Waals surface area contributed by atoms with Gasteiger partial charge in [0, 0.05) is 10.9 Å². The fraction of sp³-hybridized carbons (Fsp3) is 0. The largest absolute Gasteiger partial charge is 0.507 e. The molecule has 4 N–H and O–H groups in total. The fourth-order valence-electron chi connectivity index (χ4n) is 3.82. The van der Waals surface area contributed by atoms with Crippen LogP contribution in [0, 0.1) is 5.82 Å². The molecule has 0 saturated heterocycles. The summed E-state index contributed by atoms with van der Waals surface area (Å²) in [5, 5.41) is 21.6. The summed E-state index contributed by atoms with van der Waals surface area (Å²) in [4.78, 5) is 7.07. The summed E-state index contributed by atoms with van der Waals surface area (Å²) in [5.74, 6) is -0.497. The number of hydrogen-bond acceptors (Lipinski definition) is 5. The van der Waals surface area contributed by atoms with Crippen LogP contribution in [0.3, 0.4) is 0 Å². The van der Waals surface area contributed by atoms with Gasteiger partial charge in [0.15, 0.2) is 0 Å². The summed E-state index contributed by atoms with van der Waals surface area (Å²) in [7, 11) is -4.59. The molecule has 0 saturated carbocycles. The Balaban J connectivity index is 1.78. The molecule has 4 aromatic carbocycles. The maximum absolute atomic E-state index is 13.3. The third kappa shape index (κ3) is 3.15. The highest BCUT2D eigenvalue weighted by atomic mass is 32.2. The van der Waals surface area contributed by atoms with E-state index in [4.69, 9.17) is 0 Å². The van der Waals surface area contributed by atoms with Crippen LogP contribution in [-0.4, -0.2) is 33.2 Å². The summed E-state index contributed by atoms with van der Waals surface area (Å²) in [5.41, 5.74) is 1.88. The number of aromatic hydroxyl groups is 2. The first kappa shape index (κ1) is 20.0. The summed E-state index contributed by atoms with van der Waals surface area (Å²) in [6.45, 7) is 0. The van der Waals surface area contributed by atoms with Gasteiger partial charge in [-0.1, -0.05) is 36.4 Å². The van der Waals surface area contributed by atoms with Gasteiger partial charge in [0.1, 0.15) is 33.6 Å². The van der Waals surface area contributed by atoms with E-state index in [-0.39, 0.29) is 44.0 Å². The number of phenolic OH excluding ortho intramolecular Hbond substituents is 2. The molecule has 0 bridgehead atoms. The van der Waals surface area contributed by atoms with Gasteiger partial charge in [-0.25, -0.2) is 9.37 Å². The quantitative estimate of drug-likeness (QED) is 0.292. The van der Waals surface area contributed by atoms with Gasteiger partial charge >= 0.3 is 0 Å². The van der Waals surface area contributed by atoms with Crippen LogP contribution < -0.4 is 0 Å². The first-order chi connectivity index (χ1) is 15.2. The van der Waals surface area contributed by atoms with Gasteiger partial charge < -0.3 is 15.2 Å². The number of nitrogens with zero attached hydrogens (tertiary/aromatic N) is 1. The number of benzene rings is 4. The lowest BCUT2D eigenvalue weighted by Crippen LogP contribution is -1.99.